The standard InChI is InChI=1S/C12H13F3N2O3/c13-12(14,15)10-8-9(17(18)19)4-5-11(10)20-16-6-2-1-3-7-16/h4-5,8H,1-3,6-7H2. The Morgan fingerprint density at radius 2 is 1.85 bits per heavy atom. The van der Waals surface area contributed by atoms with Gasteiger partial charge in [0.05, 0.1) is 4.92 Å². The molecule has 5 nitrogen and oxygen atoms in total. The number of piperidine rings is 1. The molecule has 0 bridgehead atoms. The van der Waals surface area contributed by atoms with Crippen LogP contribution >= 0.6 is 0 Å². The fourth-order valence-electron chi connectivity index (χ4n) is 2.03. The lowest BCUT2D eigenvalue weighted by atomic mass is 10.1. The molecule has 1 aliphatic heterocycles. The fourth-order valence-corrected chi connectivity index (χ4v) is 2.03. The van der Waals surface area contributed by atoms with Gasteiger partial charge in [-0.2, -0.15) is 13.2 Å². The molecule has 0 radical (unpaired) electrons. The smallest absolute Gasteiger partial charge is 0.405 e. The van der Waals surface area contributed by atoms with Crippen LogP contribution in [0.1, 0.15) is 24.8 Å². The van der Waals surface area contributed by atoms with E-state index >= 15 is 0 Å². The van der Waals surface area contributed by atoms with Crippen molar-refractivity contribution in [2.75, 3.05) is 13.1 Å². The van der Waals surface area contributed by atoms with Gasteiger partial charge in [0.1, 0.15) is 5.56 Å². The number of nitro groups is 1. The third kappa shape index (κ3) is 3.38. The highest BCUT2D eigenvalue weighted by atomic mass is 19.4. The number of nitro benzene ring substituents is 1. The summed E-state index contributed by atoms with van der Waals surface area (Å²) in [5, 5.41) is 12.0. The van der Waals surface area contributed by atoms with Gasteiger partial charge in [0, 0.05) is 25.2 Å². The number of alkyl halides is 3. The van der Waals surface area contributed by atoms with Crippen LogP contribution in [0.15, 0.2) is 18.2 Å². The molecule has 1 aromatic carbocycles. The maximum Gasteiger partial charge on any atom is 0.420 e. The van der Waals surface area contributed by atoms with Crippen LogP contribution in [0.4, 0.5) is 18.9 Å². The molecule has 0 spiro atoms. The van der Waals surface area contributed by atoms with E-state index in [9.17, 15) is 23.3 Å². The molecule has 0 N–H and O–H groups in total. The number of rotatable bonds is 3. The van der Waals surface area contributed by atoms with Crippen molar-refractivity contribution in [3.05, 3.63) is 33.9 Å². The molecule has 1 heterocycles. The largest absolute Gasteiger partial charge is 0.420 e. The van der Waals surface area contributed by atoms with Crippen LogP contribution in [0.2, 0.25) is 0 Å². The minimum atomic E-state index is -4.70. The molecule has 1 fully saturated rings. The molecular weight excluding hydrogens is 277 g/mol. The molecule has 0 saturated carbocycles. The minimum absolute atomic E-state index is 0.398. The van der Waals surface area contributed by atoms with Crippen molar-refractivity contribution >= 4 is 5.69 Å². The summed E-state index contributed by atoms with van der Waals surface area (Å²) in [4.78, 5) is 14.9. The maximum absolute atomic E-state index is 12.9. The van der Waals surface area contributed by atoms with Crippen LogP contribution < -0.4 is 4.84 Å². The molecule has 1 saturated heterocycles. The van der Waals surface area contributed by atoms with E-state index in [1.165, 1.54) is 5.06 Å². The summed E-state index contributed by atoms with van der Waals surface area (Å²) in [5.74, 6) is -0.398. The maximum atomic E-state index is 12.9. The number of halogens is 3. The highest BCUT2D eigenvalue weighted by molar-refractivity contribution is 5.45. The molecule has 0 amide bonds. The van der Waals surface area contributed by atoms with E-state index in [0.717, 1.165) is 31.4 Å². The van der Waals surface area contributed by atoms with Gasteiger partial charge < -0.3 is 4.84 Å². The molecule has 0 aromatic heterocycles. The van der Waals surface area contributed by atoms with E-state index in [2.05, 4.69) is 0 Å². The van der Waals surface area contributed by atoms with Gasteiger partial charge in [0.25, 0.3) is 5.69 Å². The van der Waals surface area contributed by atoms with Crippen molar-refractivity contribution in [3.63, 3.8) is 0 Å². The Morgan fingerprint density at radius 1 is 1.20 bits per heavy atom. The third-order valence-electron chi connectivity index (χ3n) is 3.02. The second-order valence-corrected chi connectivity index (χ2v) is 4.52. The van der Waals surface area contributed by atoms with E-state index < -0.39 is 28.1 Å². The van der Waals surface area contributed by atoms with Crippen LogP contribution in [-0.2, 0) is 6.18 Å². The first-order valence-electron chi connectivity index (χ1n) is 6.16. The molecular formula is C12H13F3N2O3. The first-order valence-corrected chi connectivity index (χ1v) is 6.16. The van der Waals surface area contributed by atoms with Crippen LogP contribution in [0.3, 0.4) is 0 Å². The summed E-state index contributed by atoms with van der Waals surface area (Å²) in [6.45, 7) is 1.10. The average molecular weight is 290 g/mol. The van der Waals surface area contributed by atoms with Gasteiger partial charge in [0.2, 0.25) is 0 Å². The van der Waals surface area contributed by atoms with Gasteiger partial charge in [-0.25, -0.2) is 0 Å². The fraction of sp³-hybridized carbons (Fsp3) is 0.500. The molecule has 0 atom stereocenters. The third-order valence-corrected chi connectivity index (χ3v) is 3.02. The normalized spacial score (nSPS) is 16.9. The lowest BCUT2D eigenvalue weighted by molar-refractivity contribution is -0.385. The summed E-state index contributed by atoms with van der Waals surface area (Å²) in [6, 6.07) is 2.50. The number of hydroxylamine groups is 2. The van der Waals surface area contributed by atoms with Crippen molar-refractivity contribution in [1.29, 1.82) is 0 Å². The SMILES string of the molecule is O=[N+]([O-])c1ccc(ON2CCCCC2)c(C(F)(F)F)c1. The van der Waals surface area contributed by atoms with Crippen molar-refractivity contribution in [2.45, 2.75) is 25.4 Å². The minimum Gasteiger partial charge on any atom is -0.405 e. The zero-order valence-electron chi connectivity index (χ0n) is 10.5. The van der Waals surface area contributed by atoms with Crippen LogP contribution in [0, 0.1) is 10.1 Å². The van der Waals surface area contributed by atoms with Crippen molar-refractivity contribution < 1.29 is 22.9 Å². The Hall–Kier alpha value is -1.83. The molecule has 8 heteroatoms. The van der Waals surface area contributed by atoms with Gasteiger partial charge >= 0.3 is 6.18 Å². The second-order valence-electron chi connectivity index (χ2n) is 4.52. The molecule has 2 rings (SSSR count). The monoisotopic (exact) mass is 290 g/mol. The number of hydrogen-bond acceptors (Lipinski definition) is 4. The number of non-ortho nitro benzene ring substituents is 1. The molecule has 0 aliphatic carbocycles. The first-order chi connectivity index (χ1) is 9.38. The molecule has 110 valence electrons. The lowest BCUT2D eigenvalue weighted by Gasteiger charge is -2.27. The van der Waals surface area contributed by atoms with Gasteiger partial charge in [-0.3, -0.25) is 10.1 Å². The predicted molar refractivity (Wildman–Crippen MR) is 64.2 cm³/mol. The zero-order valence-corrected chi connectivity index (χ0v) is 10.5. The second kappa shape index (κ2) is 5.66. The summed E-state index contributed by atoms with van der Waals surface area (Å²) in [7, 11) is 0. The van der Waals surface area contributed by atoms with Crippen LogP contribution in [0.5, 0.6) is 5.75 Å². The van der Waals surface area contributed by atoms with E-state index in [1.54, 1.807) is 0 Å². The van der Waals surface area contributed by atoms with Crippen molar-refractivity contribution in [2.24, 2.45) is 0 Å². The van der Waals surface area contributed by atoms with Crippen molar-refractivity contribution in [3.8, 4) is 5.75 Å². The Balaban J connectivity index is 2.28. The predicted octanol–water partition coefficient (Wildman–Crippen LogP) is 3.39. The quantitative estimate of drug-likeness (QED) is 0.632. The topological polar surface area (TPSA) is 55.6 Å². The van der Waals surface area contributed by atoms with Crippen LogP contribution in [-0.4, -0.2) is 23.1 Å². The molecule has 0 unspecified atom stereocenters. The number of benzene rings is 1. The average Bonchev–Trinajstić information content (AvgIpc) is 2.39. The summed E-state index contributed by atoms with van der Waals surface area (Å²) in [5.41, 5.74) is -1.74. The van der Waals surface area contributed by atoms with E-state index in [0.29, 0.717) is 19.2 Å². The van der Waals surface area contributed by atoms with E-state index in [1.807, 2.05) is 0 Å². The van der Waals surface area contributed by atoms with E-state index in [-0.39, 0.29) is 0 Å². The number of nitrogens with zero attached hydrogens (tertiary/aromatic N) is 2. The molecule has 1 aromatic rings. The summed E-state index contributed by atoms with van der Waals surface area (Å²) in [6.07, 6.45) is -1.97. The Kier molecular flexibility index (Phi) is 4.12. The Morgan fingerprint density at radius 3 is 2.40 bits per heavy atom. The van der Waals surface area contributed by atoms with Crippen molar-refractivity contribution in [1.82, 2.24) is 5.06 Å². The number of hydrogen-bond donors (Lipinski definition) is 0. The van der Waals surface area contributed by atoms with Gasteiger partial charge in [-0.1, -0.05) is 6.42 Å². The van der Waals surface area contributed by atoms with Crippen LogP contribution in [0.25, 0.3) is 0 Å². The first kappa shape index (κ1) is 14.6. The summed E-state index contributed by atoms with van der Waals surface area (Å²) < 4.78 is 38.8. The van der Waals surface area contributed by atoms with Gasteiger partial charge in [0.15, 0.2) is 5.75 Å². The molecule has 20 heavy (non-hydrogen) atoms. The zero-order chi connectivity index (χ0) is 14.8. The highest BCUT2D eigenvalue weighted by Crippen LogP contribution is 2.38. The van der Waals surface area contributed by atoms with Gasteiger partial charge in [-0.15, -0.1) is 5.06 Å². The summed E-state index contributed by atoms with van der Waals surface area (Å²) >= 11 is 0. The molecule has 1 aliphatic rings. The van der Waals surface area contributed by atoms with E-state index in [4.69, 9.17) is 4.84 Å². The Bertz CT molecular complexity index is 499. The van der Waals surface area contributed by atoms with Gasteiger partial charge in [-0.05, 0) is 18.9 Å². The highest BCUT2D eigenvalue weighted by Gasteiger charge is 2.36. The lowest BCUT2D eigenvalue weighted by Crippen LogP contribution is -2.33. The Labute approximate surface area is 113 Å².